The molecule has 0 aliphatic carbocycles. The summed E-state index contributed by atoms with van der Waals surface area (Å²) in [5, 5.41) is 3.41. The van der Waals surface area contributed by atoms with Gasteiger partial charge in [-0.15, -0.1) is 0 Å². The van der Waals surface area contributed by atoms with E-state index in [0.717, 1.165) is 11.3 Å². The molecule has 28 heavy (non-hydrogen) atoms. The monoisotopic (exact) mass is 401 g/mol. The van der Waals surface area contributed by atoms with Gasteiger partial charge in [-0.2, -0.15) is 0 Å². The van der Waals surface area contributed by atoms with E-state index in [1.165, 1.54) is 4.90 Å². The fourth-order valence-corrected chi connectivity index (χ4v) is 3.67. The van der Waals surface area contributed by atoms with Crippen molar-refractivity contribution >= 4 is 23.5 Å². The average Bonchev–Trinajstić information content (AvgIpc) is 2.93. The largest absolute Gasteiger partial charge is 0.497 e. The maximum atomic E-state index is 13.2. The van der Waals surface area contributed by atoms with Gasteiger partial charge in [0.25, 0.3) is 5.91 Å². The van der Waals surface area contributed by atoms with Crippen molar-refractivity contribution in [2.45, 2.75) is 25.4 Å². The number of benzene rings is 2. The standard InChI is InChI=1S/C21H24ClN3O3/c1-4-21(16-6-5-7-17(22)12-16)19(26)25(20(27)23-21)14-24(2)13-15-8-10-18(28-3)11-9-15/h5-12H,4,13-14H2,1-3H3,(H,23,27)/t21-/m1/s1. The molecule has 7 heteroatoms. The van der Waals surface area contributed by atoms with Gasteiger partial charge in [0.1, 0.15) is 11.3 Å². The Hall–Kier alpha value is -2.57. The first-order valence-corrected chi connectivity index (χ1v) is 9.49. The summed E-state index contributed by atoms with van der Waals surface area (Å²) in [7, 11) is 3.49. The third-order valence-electron chi connectivity index (χ3n) is 5.02. The van der Waals surface area contributed by atoms with E-state index in [4.69, 9.17) is 16.3 Å². The summed E-state index contributed by atoms with van der Waals surface area (Å²) >= 11 is 6.10. The van der Waals surface area contributed by atoms with Gasteiger partial charge in [-0.3, -0.25) is 9.69 Å². The van der Waals surface area contributed by atoms with Crippen molar-refractivity contribution < 1.29 is 14.3 Å². The lowest BCUT2D eigenvalue weighted by Crippen LogP contribution is -2.44. The number of urea groups is 1. The van der Waals surface area contributed by atoms with Gasteiger partial charge in [-0.1, -0.05) is 42.8 Å². The van der Waals surface area contributed by atoms with Crippen molar-refractivity contribution in [1.82, 2.24) is 15.1 Å². The first kappa shape index (κ1) is 20.2. The number of hydrogen-bond donors (Lipinski definition) is 1. The third kappa shape index (κ3) is 3.84. The number of imide groups is 1. The van der Waals surface area contributed by atoms with Crippen LogP contribution in [0, 0.1) is 0 Å². The highest BCUT2D eigenvalue weighted by atomic mass is 35.5. The second-order valence-electron chi connectivity index (χ2n) is 6.94. The number of ether oxygens (including phenoxy) is 1. The van der Waals surface area contributed by atoms with Crippen LogP contribution in [-0.2, 0) is 16.9 Å². The summed E-state index contributed by atoms with van der Waals surface area (Å²) in [5.41, 5.74) is 0.677. The van der Waals surface area contributed by atoms with Gasteiger partial charge in [0.15, 0.2) is 0 Å². The van der Waals surface area contributed by atoms with Crippen molar-refractivity contribution in [1.29, 1.82) is 0 Å². The average molecular weight is 402 g/mol. The number of halogens is 1. The zero-order valence-corrected chi connectivity index (χ0v) is 17.0. The van der Waals surface area contributed by atoms with Crippen LogP contribution in [0.3, 0.4) is 0 Å². The molecule has 0 unspecified atom stereocenters. The summed E-state index contributed by atoms with van der Waals surface area (Å²) in [5.74, 6) is 0.526. The van der Waals surface area contributed by atoms with Crippen molar-refractivity contribution in [3.63, 3.8) is 0 Å². The lowest BCUT2D eigenvalue weighted by Gasteiger charge is -2.27. The summed E-state index contributed by atoms with van der Waals surface area (Å²) in [6, 6.07) is 14.4. The molecule has 2 aromatic rings. The van der Waals surface area contributed by atoms with E-state index in [0.29, 0.717) is 23.6 Å². The normalized spacial score (nSPS) is 19.2. The molecular formula is C21H24ClN3O3. The predicted octanol–water partition coefficient (Wildman–Crippen LogP) is 3.60. The van der Waals surface area contributed by atoms with Gasteiger partial charge in [0.2, 0.25) is 0 Å². The number of methoxy groups -OCH3 is 1. The van der Waals surface area contributed by atoms with E-state index in [1.807, 2.05) is 49.2 Å². The van der Waals surface area contributed by atoms with Gasteiger partial charge in [-0.05, 0) is 48.9 Å². The molecular weight excluding hydrogens is 378 g/mol. The van der Waals surface area contributed by atoms with Crippen LogP contribution in [0.4, 0.5) is 4.79 Å². The van der Waals surface area contributed by atoms with Gasteiger partial charge in [0.05, 0.1) is 13.8 Å². The second kappa shape index (κ2) is 8.20. The van der Waals surface area contributed by atoms with E-state index >= 15 is 0 Å². The minimum absolute atomic E-state index is 0.193. The van der Waals surface area contributed by atoms with Crippen LogP contribution in [0.1, 0.15) is 24.5 Å². The van der Waals surface area contributed by atoms with E-state index in [-0.39, 0.29) is 12.6 Å². The van der Waals surface area contributed by atoms with Gasteiger partial charge in [0, 0.05) is 11.6 Å². The van der Waals surface area contributed by atoms with Crippen molar-refractivity contribution in [2.75, 3.05) is 20.8 Å². The van der Waals surface area contributed by atoms with Crippen molar-refractivity contribution in [3.05, 3.63) is 64.7 Å². The summed E-state index contributed by atoms with van der Waals surface area (Å²) < 4.78 is 5.17. The van der Waals surface area contributed by atoms with Crippen LogP contribution in [0.25, 0.3) is 0 Å². The number of carbonyl (C=O) groups excluding carboxylic acids is 2. The Morgan fingerprint density at radius 3 is 2.50 bits per heavy atom. The summed E-state index contributed by atoms with van der Waals surface area (Å²) in [4.78, 5) is 29.0. The van der Waals surface area contributed by atoms with Crippen LogP contribution in [0.2, 0.25) is 5.02 Å². The Bertz CT molecular complexity index is 871. The Kier molecular flexibility index (Phi) is 5.91. The highest BCUT2D eigenvalue weighted by molar-refractivity contribution is 6.30. The topological polar surface area (TPSA) is 61.9 Å². The minimum atomic E-state index is -1.08. The van der Waals surface area contributed by atoms with Crippen LogP contribution in [-0.4, -0.2) is 42.6 Å². The lowest BCUT2D eigenvalue weighted by molar-refractivity contribution is -0.133. The smallest absolute Gasteiger partial charge is 0.326 e. The molecule has 148 valence electrons. The van der Waals surface area contributed by atoms with Gasteiger partial charge in [-0.25, -0.2) is 9.69 Å². The Balaban J connectivity index is 1.75. The Morgan fingerprint density at radius 2 is 1.89 bits per heavy atom. The first-order chi connectivity index (χ1) is 13.4. The van der Waals surface area contributed by atoms with Crippen molar-refractivity contribution in [2.24, 2.45) is 0 Å². The molecule has 1 fully saturated rings. The molecule has 0 spiro atoms. The van der Waals surface area contributed by atoms with Crippen LogP contribution < -0.4 is 10.1 Å². The maximum Gasteiger partial charge on any atom is 0.326 e. The third-order valence-corrected chi connectivity index (χ3v) is 5.25. The number of carbonyl (C=O) groups is 2. The second-order valence-corrected chi connectivity index (χ2v) is 7.37. The molecule has 1 aliphatic rings. The van der Waals surface area contributed by atoms with E-state index in [1.54, 1.807) is 25.3 Å². The first-order valence-electron chi connectivity index (χ1n) is 9.11. The highest BCUT2D eigenvalue weighted by Gasteiger charge is 2.51. The molecule has 1 heterocycles. The summed E-state index contributed by atoms with van der Waals surface area (Å²) in [6.07, 6.45) is 0.441. The van der Waals surface area contributed by atoms with E-state index in [9.17, 15) is 9.59 Å². The minimum Gasteiger partial charge on any atom is -0.497 e. The fourth-order valence-electron chi connectivity index (χ4n) is 3.48. The summed E-state index contributed by atoms with van der Waals surface area (Å²) in [6.45, 7) is 2.67. The van der Waals surface area contributed by atoms with Crippen LogP contribution >= 0.6 is 11.6 Å². The van der Waals surface area contributed by atoms with Crippen molar-refractivity contribution in [3.8, 4) is 5.75 Å². The Labute approximate surface area is 170 Å². The molecule has 0 radical (unpaired) electrons. The molecule has 3 amide bonds. The predicted molar refractivity (Wildman–Crippen MR) is 108 cm³/mol. The number of nitrogens with one attached hydrogen (secondary N) is 1. The van der Waals surface area contributed by atoms with E-state index in [2.05, 4.69) is 5.32 Å². The molecule has 0 aromatic heterocycles. The quantitative estimate of drug-likeness (QED) is 0.720. The molecule has 2 aromatic carbocycles. The molecule has 3 rings (SSSR count). The lowest BCUT2D eigenvalue weighted by atomic mass is 9.87. The molecule has 1 aliphatic heterocycles. The molecule has 0 saturated carbocycles. The molecule has 6 nitrogen and oxygen atoms in total. The zero-order valence-electron chi connectivity index (χ0n) is 16.2. The van der Waals surface area contributed by atoms with Gasteiger partial charge < -0.3 is 10.1 Å². The molecule has 0 bridgehead atoms. The van der Waals surface area contributed by atoms with Crippen LogP contribution in [0.5, 0.6) is 5.75 Å². The fraction of sp³-hybridized carbons (Fsp3) is 0.333. The van der Waals surface area contributed by atoms with E-state index < -0.39 is 11.6 Å². The van der Waals surface area contributed by atoms with Gasteiger partial charge >= 0.3 is 6.03 Å². The Morgan fingerprint density at radius 1 is 1.18 bits per heavy atom. The van der Waals surface area contributed by atoms with Crippen LogP contribution in [0.15, 0.2) is 48.5 Å². The number of hydrogen-bond acceptors (Lipinski definition) is 4. The number of nitrogens with zero attached hydrogens (tertiary/aromatic N) is 2. The molecule has 1 N–H and O–H groups in total. The SMILES string of the molecule is CC[C@]1(c2cccc(Cl)c2)NC(=O)N(CN(C)Cc2ccc(OC)cc2)C1=O. The zero-order chi connectivity index (χ0) is 20.3. The molecule has 1 atom stereocenters. The number of rotatable bonds is 7. The number of amides is 3. The maximum absolute atomic E-state index is 13.2. The highest BCUT2D eigenvalue weighted by Crippen LogP contribution is 2.33. The molecule has 1 saturated heterocycles.